The SMILES string of the molecule is CC1(C)C[C@H](O)[C@H](N)[C@@H](CO)O1. The van der Waals surface area contributed by atoms with Gasteiger partial charge in [0.25, 0.3) is 0 Å². The average Bonchev–Trinajstić information content (AvgIpc) is 1.96. The summed E-state index contributed by atoms with van der Waals surface area (Å²) in [6, 6.07) is -0.469. The van der Waals surface area contributed by atoms with Gasteiger partial charge in [-0.15, -0.1) is 0 Å². The van der Waals surface area contributed by atoms with Gasteiger partial charge in [0.1, 0.15) is 0 Å². The molecule has 3 atom stereocenters. The number of hydrogen-bond acceptors (Lipinski definition) is 4. The molecule has 0 aromatic heterocycles. The van der Waals surface area contributed by atoms with Crippen LogP contribution in [0.15, 0.2) is 0 Å². The average molecular weight is 175 g/mol. The summed E-state index contributed by atoms with van der Waals surface area (Å²) in [7, 11) is 0. The zero-order valence-electron chi connectivity index (χ0n) is 7.53. The molecule has 12 heavy (non-hydrogen) atoms. The van der Waals surface area contributed by atoms with Gasteiger partial charge < -0.3 is 20.7 Å². The summed E-state index contributed by atoms with van der Waals surface area (Å²) in [5.74, 6) is 0. The largest absolute Gasteiger partial charge is 0.394 e. The molecule has 0 amide bonds. The maximum atomic E-state index is 9.50. The standard InChI is InChI=1S/C8H17NO3/c1-8(2)3-5(11)7(9)6(4-10)12-8/h5-7,10-11H,3-4,9H2,1-2H3/t5-,6+,7-/m0/s1. The van der Waals surface area contributed by atoms with E-state index in [-0.39, 0.29) is 12.2 Å². The van der Waals surface area contributed by atoms with E-state index in [0.29, 0.717) is 6.42 Å². The second kappa shape index (κ2) is 3.30. The molecule has 0 bridgehead atoms. The third-order valence-electron chi connectivity index (χ3n) is 2.22. The second-order valence-electron chi connectivity index (χ2n) is 3.95. The van der Waals surface area contributed by atoms with Crippen molar-refractivity contribution in [2.24, 2.45) is 5.73 Å². The number of nitrogens with two attached hydrogens (primary N) is 1. The van der Waals surface area contributed by atoms with Crippen LogP contribution in [0.5, 0.6) is 0 Å². The molecule has 4 heteroatoms. The van der Waals surface area contributed by atoms with Crippen LogP contribution in [-0.4, -0.2) is 40.7 Å². The van der Waals surface area contributed by atoms with Gasteiger partial charge in [0.05, 0.1) is 30.5 Å². The fourth-order valence-electron chi connectivity index (χ4n) is 1.58. The van der Waals surface area contributed by atoms with Crippen LogP contribution < -0.4 is 5.73 Å². The Balaban J connectivity index is 2.65. The molecule has 0 aromatic carbocycles. The molecule has 0 radical (unpaired) electrons. The highest BCUT2D eigenvalue weighted by molar-refractivity contribution is 4.91. The van der Waals surface area contributed by atoms with E-state index in [1.807, 2.05) is 13.8 Å². The highest BCUT2D eigenvalue weighted by atomic mass is 16.5. The minimum atomic E-state index is -0.578. The van der Waals surface area contributed by atoms with Crippen LogP contribution in [0.25, 0.3) is 0 Å². The van der Waals surface area contributed by atoms with E-state index in [1.54, 1.807) is 0 Å². The molecule has 1 aliphatic heterocycles. The molecule has 1 aliphatic rings. The zero-order valence-corrected chi connectivity index (χ0v) is 7.53. The van der Waals surface area contributed by atoms with Crippen LogP contribution in [0.4, 0.5) is 0 Å². The lowest BCUT2D eigenvalue weighted by Crippen LogP contribution is -2.57. The molecule has 0 saturated carbocycles. The molecular weight excluding hydrogens is 158 g/mol. The molecule has 0 spiro atoms. The zero-order chi connectivity index (χ0) is 9.35. The van der Waals surface area contributed by atoms with E-state index in [4.69, 9.17) is 15.6 Å². The minimum Gasteiger partial charge on any atom is -0.394 e. The molecule has 0 unspecified atom stereocenters. The molecule has 1 heterocycles. The Labute approximate surface area is 72.3 Å². The van der Waals surface area contributed by atoms with Crippen LogP contribution in [0.2, 0.25) is 0 Å². The van der Waals surface area contributed by atoms with Crippen molar-refractivity contribution in [2.45, 2.75) is 44.1 Å². The van der Waals surface area contributed by atoms with Crippen molar-refractivity contribution >= 4 is 0 Å². The Kier molecular flexibility index (Phi) is 2.73. The van der Waals surface area contributed by atoms with Crippen LogP contribution in [-0.2, 0) is 4.74 Å². The highest BCUT2D eigenvalue weighted by Crippen LogP contribution is 2.27. The molecule has 1 fully saturated rings. The molecule has 72 valence electrons. The van der Waals surface area contributed by atoms with E-state index in [1.165, 1.54) is 0 Å². The van der Waals surface area contributed by atoms with E-state index < -0.39 is 18.2 Å². The highest BCUT2D eigenvalue weighted by Gasteiger charge is 2.39. The molecule has 1 saturated heterocycles. The van der Waals surface area contributed by atoms with Crippen molar-refractivity contribution in [3.8, 4) is 0 Å². The van der Waals surface area contributed by atoms with Crippen LogP contribution in [0, 0.1) is 0 Å². The summed E-state index contributed by atoms with van der Waals surface area (Å²) in [6.07, 6.45) is -0.500. The molecular formula is C8H17NO3. The third-order valence-corrected chi connectivity index (χ3v) is 2.22. The second-order valence-corrected chi connectivity index (χ2v) is 3.95. The number of aliphatic hydroxyl groups excluding tert-OH is 2. The fourth-order valence-corrected chi connectivity index (χ4v) is 1.58. The number of hydrogen-bond donors (Lipinski definition) is 3. The first-order chi connectivity index (χ1) is 5.46. The predicted molar refractivity (Wildman–Crippen MR) is 44.6 cm³/mol. The van der Waals surface area contributed by atoms with Crippen LogP contribution in [0.3, 0.4) is 0 Å². The lowest BCUT2D eigenvalue weighted by Gasteiger charge is -2.41. The monoisotopic (exact) mass is 175 g/mol. The molecule has 4 nitrogen and oxygen atoms in total. The van der Waals surface area contributed by atoms with Crippen molar-refractivity contribution in [3.05, 3.63) is 0 Å². The van der Waals surface area contributed by atoms with Crippen molar-refractivity contribution in [2.75, 3.05) is 6.61 Å². The van der Waals surface area contributed by atoms with Crippen LogP contribution >= 0.6 is 0 Å². The van der Waals surface area contributed by atoms with E-state index in [2.05, 4.69) is 0 Å². The van der Waals surface area contributed by atoms with Crippen LogP contribution in [0.1, 0.15) is 20.3 Å². The first-order valence-electron chi connectivity index (χ1n) is 4.18. The molecule has 4 N–H and O–H groups in total. The van der Waals surface area contributed by atoms with Gasteiger partial charge in [-0.2, -0.15) is 0 Å². The lowest BCUT2D eigenvalue weighted by atomic mass is 9.89. The van der Waals surface area contributed by atoms with Gasteiger partial charge in [-0.05, 0) is 13.8 Å². The van der Waals surface area contributed by atoms with Gasteiger partial charge in [-0.25, -0.2) is 0 Å². The van der Waals surface area contributed by atoms with Gasteiger partial charge in [-0.3, -0.25) is 0 Å². The van der Waals surface area contributed by atoms with Crippen molar-refractivity contribution in [3.63, 3.8) is 0 Å². The smallest absolute Gasteiger partial charge is 0.0988 e. The topological polar surface area (TPSA) is 75.7 Å². The van der Waals surface area contributed by atoms with Gasteiger partial charge in [0.2, 0.25) is 0 Å². The fraction of sp³-hybridized carbons (Fsp3) is 1.00. The normalized spacial score (nSPS) is 41.2. The Morgan fingerprint density at radius 2 is 2.17 bits per heavy atom. The summed E-state index contributed by atoms with van der Waals surface area (Å²) in [6.45, 7) is 3.62. The number of rotatable bonds is 1. The first-order valence-corrected chi connectivity index (χ1v) is 4.18. The Morgan fingerprint density at radius 1 is 1.58 bits per heavy atom. The summed E-state index contributed by atoms with van der Waals surface area (Å²) >= 11 is 0. The molecule has 0 aromatic rings. The Bertz CT molecular complexity index is 160. The predicted octanol–water partition coefficient (Wildman–Crippen LogP) is -0.766. The third kappa shape index (κ3) is 1.95. The minimum absolute atomic E-state index is 0.137. The van der Waals surface area contributed by atoms with Gasteiger partial charge in [-0.1, -0.05) is 0 Å². The maximum absolute atomic E-state index is 9.50. The molecule has 0 aliphatic carbocycles. The Hall–Kier alpha value is -0.160. The maximum Gasteiger partial charge on any atom is 0.0988 e. The summed E-state index contributed by atoms with van der Waals surface area (Å²) in [5.41, 5.74) is 5.23. The first kappa shape index (κ1) is 9.92. The summed E-state index contributed by atoms with van der Waals surface area (Å²) in [5, 5.41) is 18.4. The summed E-state index contributed by atoms with van der Waals surface area (Å²) < 4.78 is 5.47. The summed E-state index contributed by atoms with van der Waals surface area (Å²) in [4.78, 5) is 0. The van der Waals surface area contributed by atoms with Crippen molar-refractivity contribution in [1.29, 1.82) is 0 Å². The van der Waals surface area contributed by atoms with Gasteiger partial charge in [0, 0.05) is 6.42 Å². The number of aliphatic hydroxyl groups is 2. The quantitative estimate of drug-likeness (QED) is 0.489. The van der Waals surface area contributed by atoms with Gasteiger partial charge >= 0.3 is 0 Å². The molecule has 1 rings (SSSR count). The van der Waals surface area contributed by atoms with Crippen molar-refractivity contribution < 1.29 is 14.9 Å². The van der Waals surface area contributed by atoms with Crippen molar-refractivity contribution in [1.82, 2.24) is 0 Å². The lowest BCUT2D eigenvalue weighted by molar-refractivity contribution is -0.166. The number of ether oxygens (including phenoxy) is 1. The Morgan fingerprint density at radius 3 is 2.67 bits per heavy atom. The van der Waals surface area contributed by atoms with E-state index >= 15 is 0 Å². The van der Waals surface area contributed by atoms with E-state index in [9.17, 15) is 5.11 Å². The van der Waals surface area contributed by atoms with Gasteiger partial charge in [0.15, 0.2) is 0 Å². The van der Waals surface area contributed by atoms with E-state index in [0.717, 1.165) is 0 Å².